The zero-order valence-corrected chi connectivity index (χ0v) is 10.9. The van der Waals surface area contributed by atoms with Crippen molar-refractivity contribution < 1.29 is 9.13 Å². The Balaban J connectivity index is 2.18. The van der Waals surface area contributed by atoms with E-state index in [1.54, 1.807) is 0 Å². The third-order valence-corrected chi connectivity index (χ3v) is 2.39. The highest BCUT2D eigenvalue weighted by molar-refractivity contribution is 6.30. The van der Waals surface area contributed by atoms with E-state index in [1.807, 2.05) is 0 Å². The van der Waals surface area contributed by atoms with E-state index in [-0.39, 0.29) is 5.82 Å². The number of nitrogens with one attached hydrogen (secondary N) is 1. The quantitative estimate of drug-likeness (QED) is 0.764. The Kier molecular flexibility index (Phi) is 6.22. The molecule has 1 aromatic heterocycles. The first-order valence-electron chi connectivity index (χ1n) is 5.72. The summed E-state index contributed by atoms with van der Waals surface area (Å²) in [4.78, 5) is 3.85. The van der Waals surface area contributed by atoms with Crippen molar-refractivity contribution in [3.8, 4) is 0 Å². The number of rotatable bonds is 7. The average molecular weight is 261 g/mol. The lowest BCUT2D eigenvalue weighted by Crippen LogP contribution is -2.12. The first-order valence-corrected chi connectivity index (χ1v) is 6.10. The highest BCUT2D eigenvalue weighted by Crippen LogP contribution is 2.14. The van der Waals surface area contributed by atoms with Crippen LogP contribution < -0.4 is 5.32 Å². The van der Waals surface area contributed by atoms with E-state index in [0.29, 0.717) is 24.1 Å². The molecule has 0 aliphatic rings. The second-order valence-corrected chi connectivity index (χ2v) is 4.64. The van der Waals surface area contributed by atoms with Crippen LogP contribution in [-0.2, 0) is 4.74 Å². The van der Waals surface area contributed by atoms with Crippen LogP contribution in [0.5, 0.6) is 0 Å². The Morgan fingerprint density at radius 2 is 2.24 bits per heavy atom. The fourth-order valence-electron chi connectivity index (χ4n) is 1.21. The van der Waals surface area contributed by atoms with Crippen molar-refractivity contribution >= 4 is 17.4 Å². The van der Waals surface area contributed by atoms with Crippen molar-refractivity contribution in [1.82, 2.24) is 4.98 Å². The molecule has 0 aromatic carbocycles. The molecule has 0 fully saturated rings. The van der Waals surface area contributed by atoms with Crippen LogP contribution in [0.2, 0.25) is 5.02 Å². The largest absolute Gasteiger partial charge is 0.380 e. The Morgan fingerprint density at radius 3 is 2.88 bits per heavy atom. The van der Waals surface area contributed by atoms with Crippen LogP contribution in [0.4, 0.5) is 10.2 Å². The molecule has 0 atom stereocenters. The second kappa shape index (κ2) is 7.45. The highest BCUT2D eigenvalue weighted by atomic mass is 35.5. The molecule has 17 heavy (non-hydrogen) atoms. The molecule has 1 heterocycles. The average Bonchev–Trinajstić information content (AvgIpc) is 2.25. The van der Waals surface area contributed by atoms with E-state index in [0.717, 1.165) is 13.0 Å². The van der Waals surface area contributed by atoms with Gasteiger partial charge in [-0.2, -0.15) is 0 Å². The molecule has 1 rings (SSSR count). The van der Waals surface area contributed by atoms with Gasteiger partial charge >= 0.3 is 0 Å². The van der Waals surface area contributed by atoms with Crippen molar-refractivity contribution in [1.29, 1.82) is 0 Å². The molecule has 0 saturated carbocycles. The fourth-order valence-corrected chi connectivity index (χ4v) is 1.35. The lowest BCUT2D eigenvalue weighted by atomic mass is 10.1. The topological polar surface area (TPSA) is 34.1 Å². The molecule has 96 valence electrons. The predicted molar refractivity (Wildman–Crippen MR) is 68.0 cm³/mol. The third-order valence-electron chi connectivity index (χ3n) is 2.19. The third kappa shape index (κ3) is 5.84. The van der Waals surface area contributed by atoms with Crippen molar-refractivity contribution in [2.24, 2.45) is 5.92 Å². The van der Waals surface area contributed by atoms with E-state index in [9.17, 15) is 4.39 Å². The van der Waals surface area contributed by atoms with Crippen molar-refractivity contribution in [3.05, 3.63) is 23.1 Å². The lowest BCUT2D eigenvalue weighted by Gasteiger charge is -2.08. The van der Waals surface area contributed by atoms with Gasteiger partial charge in [-0.05, 0) is 18.4 Å². The normalized spacial score (nSPS) is 10.9. The summed E-state index contributed by atoms with van der Waals surface area (Å²) in [6.07, 6.45) is 2.44. The Morgan fingerprint density at radius 1 is 1.47 bits per heavy atom. The molecule has 0 saturated heterocycles. The summed E-state index contributed by atoms with van der Waals surface area (Å²) in [5, 5.41) is 3.15. The summed E-state index contributed by atoms with van der Waals surface area (Å²) in [6, 6.07) is 1.23. The smallest absolute Gasteiger partial charge is 0.166 e. The number of nitrogens with zero attached hydrogens (tertiary/aromatic N) is 1. The van der Waals surface area contributed by atoms with E-state index in [1.165, 1.54) is 12.3 Å². The zero-order valence-electron chi connectivity index (χ0n) is 10.2. The van der Waals surface area contributed by atoms with Crippen LogP contribution in [0.1, 0.15) is 20.3 Å². The summed E-state index contributed by atoms with van der Waals surface area (Å²) >= 11 is 5.59. The minimum atomic E-state index is -0.445. The maximum atomic E-state index is 13.3. The zero-order chi connectivity index (χ0) is 12.7. The van der Waals surface area contributed by atoms with Crippen LogP contribution in [0.15, 0.2) is 12.3 Å². The number of anilines is 1. The van der Waals surface area contributed by atoms with Gasteiger partial charge in [-0.15, -0.1) is 0 Å². The maximum absolute atomic E-state index is 13.3. The van der Waals surface area contributed by atoms with Crippen LogP contribution >= 0.6 is 11.6 Å². The molecule has 1 N–H and O–H groups in total. The lowest BCUT2D eigenvalue weighted by molar-refractivity contribution is 0.132. The van der Waals surface area contributed by atoms with Gasteiger partial charge in [0.1, 0.15) is 0 Å². The number of pyridine rings is 1. The molecule has 0 aliphatic carbocycles. The molecule has 0 unspecified atom stereocenters. The number of ether oxygens (including phenoxy) is 1. The van der Waals surface area contributed by atoms with E-state index < -0.39 is 5.82 Å². The first kappa shape index (κ1) is 14.2. The molecule has 0 aliphatic heterocycles. The van der Waals surface area contributed by atoms with Crippen LogP contribution in [-0.4, -0.2) is 24.7 Å². The van der Waals surface area contributed by atoms with Gasteiger partial charge in [0.2, 0.25) is 0 Å². The van der Waals surface area contributed by atoms with Crippen LogP contribution in [0.25, 0.3) is 0 Å². The van der Waals surface area contributed by atoms with Gasteiger partial charge in [0.05, 0.1) is 11.6 Å². The Hall–Kier alpha value is -0.870. The highest BCUT2D eigenvalue weighted by Gasteiger charge is 2.03. The summed E-state index contributed by atoms with van der Waals surface area (Å²) in [5.74, 6) is 0.403. The van der Waals surface area contributed by atoms with Gasteiger partial charge < -0.3 is 10.1 Å². The van der Waals surface area contributed by atoms with E-state index >= 15 is 0 Å². The number of aromatic nitrogens is 1. The van der Waals surface area contributed by atoms with Gasteiger partial charge in [-0.3, -0.25) is 0 Å². The minimum absolute atomic E-state index is 0.210. The van der Waals surface area contributed by atoms with E-state index in [4.69, 9.17) is 16.3 Å². The molecule has 1 aromatic rings. The standard InChI is InChI=1S/C12H18ClFN2O/c1-9(2)3-5-17-6-4-15-12-11(14)7-10(13)8-16-12/h7-9H,3-6H2,1-2H3,(H,15,16). The second-order valence-electron chi connectivity index (χ2n) is 4.21. The molecule has 5 heteroatoms. The van der Waals surface area contributed by atoms with Crippen molar-refractivity contribution in [3.63, 3.8) is 0 Å². The summed E-state index contributed by atoms with van der Waals surface area (Å²) < 4.78 is 18.7. The summed E-state index contributed by atoms with van der Waals surface area (Å²) in [5.41, 5.74) is 0. The maximum Gasteiger partial charge on any atom is 0.166 e. The van der Waals surface area contributed by atoms with Gasteiger partial charge in [0.15, 0.2) is 11.6 Å². The Labute approximate surface area is 106 Å². The van der Waals surface area contributed by atoms with Gasteiger partial charge in [-0.1, -0.05) is 25.4 Å². The molecule has 0 bridgehead atoms. The molecule has 0 amide bonds. The molecular formula is C12H18ClFN2O. The van der Waals surface area contributed by atoms with Gasteiger partial charge in [-0.25, -0.2) is 9.37 Å². The molecule has 0 spiro atoms. The summed E-state index contributed by atoms with van der Waals surface area (Å²) in [7, 11) is 0. The monoisotopic (exact) mass is 260 g/mol. The first-order chi connectivity index (χ1) is 8.09. The molecule has 3 nitrogen and oxygen atoms in total. The van der Waals surface area contributed by atoms with Crippen LogP contribution in [0, 0.1) is 11.7 Å². The fraction of sp³-hybridized carbons (Fsp3) is 0.583. The number of hydrogen-bond donors (Lipinski definition) is 1. The van der Waals surface area contributed by atoms with Crippen molar-refractivity contribution in [2.45, 2.75) is 20.3 Å². The SMILES string of the molecule is CC(C)CCOCCNc1ncc(Cl)cc1F. The van der Waals surface area contributed by atoms with Crippen LogP contribution in [0.3, 0.4) is 0 Å². The molecule has 0 radical (unpaired) electrons. The minimum Gasteiger partial charge on any atom is -0.380 e. The number of hydrogen-bond acceptors (Lipinski definition) is 3. The van der Waals surface area contributed by atoms with Gasteiger partial charge in [0, 0.05) is 19.3 Å². The predicted octanol–water partition coefficient (Wildman–Crippen LogP) is 3.35. The Bertz CT molecular complexity index is 347. The summed E-state index contributed by atoms with van der Waals surface area (Å²) in [6.45, 7) is 6.10. The van der Waals surface area contributed by atoms with Gasteiger partial charge in [0.25, 0.3) is 0 Å². The number of halogens is 2. The molecular weight excluding hydrogens is 243 g/mol. The van der Waals surface area contributed by atoms with Crippen molar-refractivity contribution in [2.75, 3.05) is 25.1 Å². The van der Waals surface area contributed by atoms with E-state index in [2.05, 4.69) is 24.1 Å².